The van der Waals surface area contributed by atoms with Gasteiger partial charge in [0, 0.05) is 31.7 Å². The molecule has 1 saturated heterocycles. The van der Waals surface area contributed by atoms with Crippen molar-refractivity contribution in [1.29, 1.82) is 0 Å². The number of anilines is 2. The van der Waals surface area contributed by atoms with E-state index in [-0.39, 0.29) is 39.9 Å². The first-order valence-electron chi connectivity index (χ1n) is 13.8. The van der Waals surface area contributed by atoms with E-state index in [1.54, 1.807) is 41.0 Å². The second-order valence-electron chi connectivity index (χ2n) is 10.2. The number of amides is 2. The van der Waals surface area contributed by atoms with Gasteiger partial charge in [-0.05, 0) is 60.9 Å². The summed E-state index contributed by atoms with van der Waals surface area (Å²) in [5.74, 6) is -0.385. The van der Waals surface area contributed by atoms with Gasteiger partial charge in [0.1, 0.15) is 0 Å². The van der Waals surface area contributed by atoms with Crippen molar-refractivity contribution in [3.05, 3.63) is 125 Å². The maximum absolute atomic E-state index is 14.2. The summed E-state index contributed by atoms with van der Waals surface area (Å²) in [7, 11) is -4.10. The molecule has 0 aliphatic carbocycles. The van der Waals surface area contributed by atoms with E-state index in [9.17, 15) is 18.0 Å². The number of sulfonamides is 1. The Hall–Kier alpha value is -4.14. The van der Waals surface area contributed by atoms with Crippen LogP contribution in [-0.2, 0) is 21.4 Å². The molecule has 9 heteroatoms. The number of para-hydroxylation sites is 2. The van der Waals surface area contributed by atoms with Crippen LogP contribution >= 0.6 is 11.6 Å². The van der Waals surface area contributed by atoms with Gasteiger partial charge in [-0.1, -0.05) is 78.3 Å². The number of piperidine rings is 1. The SMILES string of the molecule is CC(=O)N1CCC(N(C(=O)c2cc(S(=O)(=O)N(Cc3ccccc3)c3ccccc3)ccc2Cl)c2ccccc2)CC1. The number of halogens is 1. The van der Waals surface area contributed by atoms with Crippen LogP contribution in [0.2, 0.25) is 5.02 Å². The van der Waals surface area contributed by atoms with Gasteiger partial charge in [0.25, 0.3) is 15.9 Å². The molecule has 2 amide bonds. The van der Waals surface area contributed by atoms with Crippen LogP contribution in [0, 0.1) is 0 Å². The molecule has 0 aromatic heterocycles. The Balaban J connectivity index is 1.53. The van der Waals surface area contributed by atoms with Gasteiger partial charge in [-0.25, -0.2) is 8.42 Å². The third kappa shape index (κ3) is 6.35. The van der Waals surface area contributed by atoms with Gasteiger partial charge in [-0.2, -0.15) is 0 Å². The van der Waals surface area contributed by atoms with Crippen molar-refractivity contribution < 1.29 is 18.0 Å². The van der Waals surface area contributed by atoms with Gasteiger partial charge in [0.05, 0.1) is 27.7 Å². The van der Waals surface area contributed by atoms with Gasteiger partial charge < -0.3 is 9.80 Å². The highest BCUT2D eigenvalue weighted by Gasteiger charge is 2.33. The van der Waals surface area contributed by atoms with Crippen molar-refractivity contribution in [3.8, 4) is 0 Å². The normalized spacial score (nSPS) is 13.9. The Bertz CT molecular complexity index is 1640. The molecule has 4 aromatic rings. The summed E-state index contributed by atoms with van der Waals surface area (Å²) in [6, 6.07) is 31.6. The molecular formula is C33H32ClN3O4S. The van der Waals surface area contributed by atoms with Crippen LogP contribution in [0.4, 0.5) is 11.4 Å². The second-order valence-corrected chi connectivity index (χ2v) is 12.5. The molecule has 5 rings (SSSR count). The highest BCUT2D eigenvalue weighted by atomic mass is 35.5. The first kappa shape index (κ1) is 29.4. The molecule has 1 aliphatic rings. The van der Waals surface area contributed by atoms with Gasteiger partial charge in [0.15, 0.2) is 0 Å². The Morgan fingerprint density at radius 3 is 1.93 bits per heavy atom. The number of hydrogen-bond donors (Lipinski definition) is 0. The largest absolute Gasteiger partial charge is 0.343 e. The summed E-state index contributed by atoms with van der Waals surface area (Å²) in [6.45, 7) is 2.72. The summed E-state index contributed by atoms with van der Waals surface area (Å²) in [5.41, 5.74) is 2.11. The first-order chi connectivity index (χ1) is 20.3. The Morgan fingerprint density at radius 1 is 0.810 bits per heavy atom. The number of nitrogens with zero attached hydrogens (tertiary/aromatic N) is 3. The second kappa shape index (κ2) is 12.8. The molecule has 0 radical (unpaired) electrons. The van der Waals surface area contributed by atoms with E-state index in [4.69, 9.17) is 11.6 Å². The molecule has 7 nitrogen and oxygen atoms in total. The zero-order chi connectivity index (χ0) is 29.7. The molecule has 0 atom stereocenters. The van der Waals surface area contributed by atoms with Crippen LogP contribution in [-0.4, -0.2) is 44.3 Å². The fraction of sp³-hybridized carbons (Fsp3) is 0.212. The lowest BCUT2D eigenvalue weighted by Gasteiger charge is -2.38. The molecule has 1 aliphatic heterocycles. The van der Waals surface area contributed by atoms with E-state index in [0.29, 0.717) is 37.3 Å². The van der Waals surface area contributed by atoms with Crippen molar-refractivity contribution in [2.45, 2.75) is 37.2 Å². The molecule has 4 aromatic carbocycles. The summed E-state index contributed by atoms with van der Waals surface area (Å²) in [6.07, 6.45) is 1.18. The number of likely N-dealkylation sites (tertiary alicyclic amines) is 1. The van der Waals surface area contributed by atoms with E-state index in [1.807, 2.05) is 66.7 Å². The lowest BCUT2D eigenvalue weighted by Crippen LogP contribution is -2.48. The predicted octanol–water partition coefficient (Wildman–Crippen LogP) is 6.39. The zero-order valence-electron chi connectivity index (χ0n) is 23.3. The lowest BCUT2D eigenvalue weighted by atomic mass is 10.0. The van der Waals surface area contributed by atoms with Crippen molar-refractivity contribution in [1.82, 2.24) is 4.90 Å². The van der Waals surface area contributed by atoms with E-state index in [2.05, 4.69) is 0 Å². The molecule has 1 heterocycles. The fourth-order valence-corrected chi connectivity index (χ4v) is 6.94. The summed E-state index contributed by atoms with van der Waals surface area (Å²) in [4.78, 5) is 29.6. The molecule has 1 fully saturated rings. The van der Waals surface area contributed by atoms with Gasteiger partial charge in [0.2, 0.25) is 5.91 Å². The monoisotopic (exact) mass is 601 g/mol. The average Bonchev–Trinajstić information content (AvgIpc) is 3.01. The predicted molar refractivity (Wildman–Crippen MR) is 166 cm³/mol. The minimum atomic E-state index is -4.10. The molecule has 0 unspecified atom stereocenters. The minimum Gasteiger partial charge on any atom is -0.343 e. The number of carbonyl (C=O) groups excluding carboxylic acids is 2. The maximum Gasteiger partial charge on any atom is 0.264 e. The molecule has 0 bridgehead atoms. The van der Waals surface area contributed by atoms with Crippen molar-refractivity contribution in [2.75, 3.05) is 22.3 Å². The number of rotatable bonds is 8. The van der Waals surface area contributed by atoms with Gasteiger partial charge in [-0.15, -0.1) is 0 Å². The van der Waals surface area contributed by atoms with E-state index in [1.165, 1.54) is 22.5 Å². The van der Waals surface area contributed by atoms with Crippen LogP contribution < -0.4 is 9.21 Å². The van der Waals surface area contributed by atoms with Crippen LogP contribution in [0.5, 0.6) is 0 Å². The van der Waals surface area contributed by atoms with Crippen molar-refractivity contribution in [2.24, 2.45) is 0 Å². The summed E-state index contributed by atoms with van der Waals surface area (Å²) < 4.78 is 29.7. The van der Waals surface area contributed by atoms with Crippen molar-refractivity contribution in [3.63, 3.8) is 0 Å². The third-order valence-electron chi connectivity index (χ3n) is 7.50. The Morgan fingerprint density at radius 2 is 1.36 bits per heavy atom. The van der Waals surface area contributed by atoms with Gasteiger partial charge >= 0.3 is 0 Å². The van der Waals surface area contributed by atoms with E-state index in [0.717, 1.165) is 5.56 Å². The number of hydrogen-bond acceptors (Lipinski definition) is 4. The molecular weight excluding hydrogens is 570 g/mol. The molecule has 0 N–H and O–H groups in total. The quantitative estimate of drug-likeness (QED) is 0.234. The first-order valence-corrected chi connectivity index (χ1v) is 15.6. The molecule has 42 heavy (non-hydrogen) atoms. The Kier molecular flexibility index (Phi) is 8.94. The minimum absolute atomic E-state index is 0.00506. The van der Waals surface area contributed by atoms with Gasteiger partial charge in [-0.3, -0.25) is 13.9 Å². The van der Waals surface area contributed by atoms with Crippen LogP contribution in [0.1, 0.15) is 35.7 Å². The van der Waals surface area contributed by atoms with Crippen molar-refractivity contribution >= 4 is 44.8 Å². The summed E-state index contributed by atoms with van der Waals surface area (Å²) in [5, 5.41) is 0.162. The summed E-state index contributed by atoms with van der Waals surface area (Å²) >= 11 is 6.59. The van der Waals surface area contributed by atoms with Crippen LogP contribution in [0.25, 0.3) is 0 Å². The van der Waals surface area contributed by atoms with E-state index < -0.39 is 10.0 Å². The highest BCUT2D eigenvalue weighted by Crippen LogP contribution is 2.32. The topological polar surface area (TPSA) is 78.0 Å². The zero-order valence-corrected chi connectivity index (χ0v) is 24.8. The maximum atomic E-state index is 14.2. The lowest BCUT2D eigenvalue weighted by molar-refractivity contribution is -0.129. The average molecular weight is 602 g/mol. The molecule has 0 saturated carbocycles. The molecule has 0 spiro atoms. The van der Waals surface area contributed by atoms with Crippen LogP contribution in [0.15, 0.2) is 114 Å². The highest BCUT2D eigenvalue weighted by molar-refractivity contribution is 7.92. The van der Waals surface area contributed by atoms with Crippen LogP contribution in [0.3, 0.4) is 0 Å². The van der Waals surface area contributed by atoms with E-state index >= 15 is 0 Å². The number of carbonyl (C=O) groups is 2. The third-order valence-corrected chi connectivity index (χ3v) is 9.60. The number of benzene rings is 4. The fourth-order valence-electron chi connectivity index (χ4n) is 5.27. The standard InChI is InChI=1S/C33H32ClN3O4S/c1-25(38)35-21-19-29(20-22-35)37(28-15-9-4-10-16-28)33(39)31-23-30(17-18-32(31)34)42(40,41)36(27-13-7-3-8-14-27)24-26-11-5-2-6-12-26/h2-18,23,29H,19-22,24H2,1H3. The smallest absolute Gasteiger partial charge is 0.264 e. The Labute approximate surface area is 252 Å². The molecule has 216 valence electrons.